The number of halogens is 4. The van der Waals surface area contributed by atoms with E-state index >= 15 is 0 Å². The lowest BCUT2D eigenvalue weighted by molar-refractivity contribution is -0.186. The molecule has 0 radical (unpaired) electrons. The maximum absolute atomic E-state index is 13.3. The van der Waals surface area contributed by atoms with Crippen molar-refractivity contribution in [3.63, 3.8) is 0 Å². The smallest absolute Gasteiger partial charge is 0.306 e. The van der Waals surface area contributed by atoms with Gasteiger partial charge in [0.25, 0.3) is 0 Å². The molecular weight excluding hydrogens is 380 g/mol. The molecule has 3 rings (SSSR count). The summed E-state index contributed by atoms with van der Waals surface area (Å²) in [4.78, 5) is 18.9. The van der Waals surface area contributed by atoms with Gasteiger partial charge in [-0.1, -0.05) is 6.42 Å². The van der Waals surface area contributed by atoms with Gasteiger partial charge in [0, 0.05) is 17.0 Å². The minimum atomic E-state index is -4.29. The van der Waals surface area contributed by atoms with E-state index in [1.54, 1.807) is 0 Å². The van der Waals surface area contributed by atoms with Gasteiger partial charge >= 0.3 is 6.18 Å². The largest absolute Gasteiger partial charge is 0.391 e. The number of rotatable bonds is 4. The Balaban J connectivity index is 1.84. The number of benzene rings is 1. The number of hydrogen-bond donors (Lipinski definition) is 0. The first-order valence-electron chi connectivity index (χ1n) is 8.78. The molecule has 27 heavy (non-hydrogen) atoms. The van der Waals surface area contributed by atoms with Crippen LogP contribution in [0.3, 0.4) is 0 Å². The third-order valence-electron chi connectivity index (χ3n) is 4.88. The fourth-order valence-electron chi connectivity index (χ4n) is 3.49. The fourth-order valence-corrected chi connectivity index (χ4v) is 4.10. The molecule has 2 unspecified atom stereocenters. The highest BCUT2D eigenvalue weighted by Crippen LogP contribution is 2.41. The van der Waals surface area contributed by atoms with Gasteiger partial charge in [0.2, 0.25) is 5.91 Å². The Morgan fingerprint density at radius 1 is 1.26 bits per heavy atom. The van der Waals surface area contributed by atoms with Crippen LogP contribution in [-0.4, -0.2) is 17.1 Å². The summed E-state index contributed by atoms with van der Waals surface area (Å²) in [5.74, 6) is -2.95. The lowest BCUT2D eigenvalue weighted by Crippen LogP contribution is -2.40. The van der Waals surface area contributed by atoms with Crippen molar-refractivity contribution in [3.8, 4) is 0 Å². The van der Waals surface area contributed by atoms with Crippen LogP contribution in [0.5, 0.6) is 0 Å². The van der Waals surface area contributed by atoms with Crippen molar-refractivity contribution in [1.29, 1.82) is 0 Å². The van der Waals surface area contributed by atoms with E-state index in [0.29, 0.717) is 24.2 Å². The molecule has 1 saturated carbocycles. The highest BCUT2D eigenvalue weighted by Gasteiger charge is 2.44. The summed E-state index contributed by atoms with van der Waals surface area (Å²) in [6.45, 7) is 2.00. The Hall–Kier alpha value is -1.96. The SMILES string of the molecule is Cc1nc(CN(C(=O)C2CCCC(C(F)(F)F)C2)c2ccc(F)cc2)cs1. The number of aryl methyl sites for hydroxylation is 1. The lowest BCUT2D eigenvalue weighted by Gasteiger charge is -2.33. The van der Waals surface area contributed by atoms with E-state index in [9.17, 15) is 22.4 Å². The number of carbonyl (C=O) groups is 1. The van der Waals surface area contributed by atoms with Crippen LogP contribution in [0.1, 0.15) is 36.4 Å². The molecule has 1 aliphatic rings. The van der Waals surface area contributed by atoms with Gasteiger partial charge in [-0.15, -0.1) is 11.3 Å². The number of anilines is 1. The minimum Gasteiger partial charge on any atom is -0.306 e. The van der Waals surface area contributed by atoms with Crippen LogP contribution in [0, 0.1) is 24.6 Å². The second-order valence-corrected chi connectivity index (χ2v) is 7.92. The molecule has 3 nitrogen and oxygen atoms in total. The summed E-state index contributed by atoms with van der Waals surface area (Å²) < 4.78 is 52.6. The quantitative estimate of drug-likeness (QED) is 0.636. The van der Waals surface area contributed by atoms with Gasteiger partial charge in [-0.25, -0.2) is 9.37 Å². The van der Waals surface area contributed by atoms with Gasteiger partial charge in [0.15, 0.2) is 0 Å². The van der Waals surface area contributed by atoms with Crippen LogP contribution in [0.2, 0.25) is 0 Å². The molecule has 1 aliphatic carbocycles. The van der Waals surface area contributed by atoms with E-state index in [4.69, 9.17) is 0 Å². The topological polar surface area (TPSA) is 33.2 Å². The number of alkyl halides is 3. The molecule has 0 saturated heterocycles. The summed E-state index contributed by atoms with van der Waals surface area (Å²) in [6, 6.07) is 5.41. The van der Waals surface area contributed by atoms with Gasteiger partial charge in [-0.3, -0.25) is 4.79 Å². The molecule has 2 aromatic rings. The van der Waals surface area contributed by atoms with Crippen molar-refractivity contribution < 1.29 is 22.4 Å². The predicted molar refractivity (Wildman–Crippen MR) is 95.9 cm³/mol. The molecule has 2 atom stereocenters. The number of hydrogen-bond acceptors (Lipinski definition) is 3. The summed E-state index contributed by atoms with van der Waals surface area (Å²) in [7, 11) is 0. The zero-order valence-electron chi connectivity index (χ0n) is 14.8. The molecule has 8 heteroatoms. The average Bonchev–Trinajstić information content (AvgIpc) is 3.04. The van der Waals surface area contributed by atoms with Gasteiger partial charge < -0.3 is 4.90 Å². The lowest BCUT2D eigenvalue weighted by atomic mass is 9.80. The zero-order valence-corrected chi connectivity index (χ0v) is 15.6. The van der Waals surface area contributed by atoms with Crippen molar-refractivity contribution in [3.05, 3.63) is 46.2 Å². The maximum Gasteiger partial charge on any atom is 0.391 e. The van der Waals surface area contributed by atoms with Gasteiger partial charge in [-0.2, -0.15) is 13.2 Å². The van der Waals surface area contributed by atoms with Gasteiger partial charge in [0.1, 0.15) is 5.82 Å². The summed E-state index contributed by atoms with van der Waals surface area (Å²) in [5.41, 5.74) is 1.12. The standard InChI is InChI=1S/C19H20F4N2OS/c1-12-24-16(11-27-12)10-25(17-7-5-15(20)6-8-17)18(26)13-3-2-4-14(9-13)19(21,22)23/h5-8,11,13-14H,2-4,9-10H2,1H3. The molecule has 1 amide bonds. The van der Waals surface area contributed by atoms with Crippen LogP contribution in [0.25, 0.3) is 0 Å². The van der Waals surface area contributed by atoms with E-state index in [0.717, 1.165) is 5.01 Å². The van der Waals surface area contributed by atoms with Crippen LogP contribution < -0.4 is 4.90 Å². The van der Waals surface area contributed by atoms with Crippen molar-refractivity contribution in [1.82, 2.24) is 4.98 Å². The van der Waals surface area contributed by atoms with E-state index in [-0.39, 0.29) is 25.3 Å². The van der Waals surface area contributed by atoms with Gasteiger partial charge in [0.05, 0.1) is 23.2 Å². The first-order valence-corrected chi connectivity index (χ1v) is 9.66. The highest BCUT2D eigenvalue weighted by molar-refractivity contribution is 7.09. The molecule has 0 aliphatic heterocycles. The second kappa shape index (κ2) is 7.96. The molecule has 1 aromatic carbocycles. The maximum atomic E-state index is 13.3. The van der Waals surface area contributed by atoms with Crippen LogP contribution in [0.4, 0.5) is 23.2 Å². The zero-order chi connectivity index (χ0) is 19.6. The van der Waals surface area contributed by atoms with E-state index in [1.165, 1.54) is 40.5 Å². The van der Waals surface area contributed by atoms with Crippen LogP contribution in [0.15, 0.2) is 29.6 Å². The second-order valence-electron chi connectivity index (χ2n) is 6.86. The molecule has 1 fully saturated rings. The Labute approximate surface area is 159 Å². The first-order chi connectivity index (χ1) is 12.7. The van der Waals surface area contributed by atoms with E-state index in [1.807, 2.05) is 12.3 Å². The molecule has 0 N–H and O–H groups in total. The highest BCUT2D eigenvalue weighted by atomic mass is 32.1. The molecule has 0 bridgehead atoms. The van der Waals surface area contributed by atoms with Crippen molar-refractivity contribution in [2.45, 2.75) is 45.3 Å². The summed E-state index contributed by atoms with van der Waals surface area (Å²) in [6.07, 6.45) is -3.62. The summed E-state index contributed by atoms with van der Waals surface area (Å²) >= 11 is 1.44. The molecule has 1 heterocycles. The van der Waals surface area contributed by atoms with Crippen LogP contribution in [-0.2, 0) is 11.3 Å². The Morgan fingerprint density at radius 3 is 2.56 bits per heavy atom. The number of aromatic nitrogens is 1. The average molecular weight is 400 g/mol. The molecule has 0 spiro atoms. The minimum absolute atomic E-state index is 0.0646. The monoisotopic (exact) mass is 400 g/mol. The van der Waals surface area contributed by atoms with Crippen LogP contribution >= 0.6 is 11.3 Å². The summed E-state index contributed by atoms with van der Waals surface area (Å²) in [5, 5.41) is 2.66. The Morgan fingerprint density at radius 2 is 1.96 bits per heavy atom. The Bertz CT molecular complexity index is 788. The van der Waals surface area contributed by atoms with Crippen molar-refractivity contribution in [2.24, 2.45) is 11.8 Å². The predicted octanol–water partition coefficient (Wildman–Crippen LogP) is 5.49. The Kier molecular flexibility index (Phi) is 5.83. The molecule has 146 valence electrons. The van der Waals surface area contributed by atoms with Crippen molar-refractivity contribution >= 4 is 22.9 Å². The number of nitrogens with zero attached hydrogens (tertiary/aromatic N) is 2. The van der Waals surface area contributed by atoms with E-state index < -0.39 is 23.8 Å². The van der Waals surface area contributed by atoms with Gasteiger partial charge in [-0.05, 0) is 50.5 Å². The third-order valence-corrected chi connectivity index (χ3v) is 5.70. The number of amides is 1. The number of carbonyl (C=O) groups excluding carboxylic acids is 1. The third kappa shape index (κ3) is 4.86. The molecule has 1 aromatic heterocycles. The van der Waals surface area contributed by atoms with E-state index in [2.05, 4.69) is 4.98 Å². The number of thiazole rings is 1. The normalized spacial score (nSPS) is 20.5. The first kappa shape index (κ1) is 19.8. The van der Waals surface area contributed by atoms with Crippen molar-refractivity contribution in [2.75, 3.05) is 4.90 Å². The fraction of sp³-hybridized carbons (Fsp3) is 0.474. The molecular formula is C19H20F4N2OS.